The van der Waals surface area contributed by atoms with Crippen LogP contribution in [0.5, 0.6) is 0 Å². The Morgan fingerprint density at radius 2 is 1.72 bits per heavy atom. The number of nitrogens with zero attached hydrogens (tertiary/aromatic N) is 1. The summed E-state index contributed by atoms with van der Waals surface area (Å²) in [6.07, 6.45) is -2.25. The Morgan fingerprint density at radius 1 is 1.16 bits per heavy atom. The molecule has 0 aromatic heterocycles. The molecule has 1 fully saturated rings. The molecule has 0 aromatic rings. The van der Waals surface area contributed by atoms with Crippen molar-refractivity contribution in [1.29, 1.82) is 0 Å². The first kappa shape index (κ1) is 20.4. The van der Waals surface area contributed by atoms with Gasteiger partial charge in [0.15, 0.2) is 6.10 Å². The van der Waals surface area contributed by atoms with Crippen LogP contribution in [0.4, 0.5) is 4.79 Å². The van der Waals surface area contributed by atoms with Crippen LogP contribution in [0.3, 0.4) is 0 Å². The van der Waals surface area contributed by atoms with E-state index in [1.54, 1.807) is 20.8 Å². The van der Waals surface area contributed by atoms with Gasteiger partial charge in [-0.15, -0.1) is 5.06 Å². The Labute approximate surface area is 144 Å². The topological polar surface area (TPSA) is 128 Å². The maximum absolute atomic E-state index is 11.7. The lowest BCUT2D eigenvalue weighted by atomic mass is 10.2. The summed E-state index contributed by atoms with van der Waals surface area (Å²) in [5.41, 5.74) is -0.659. The lowest BCUT2D eigenvalue weighted by Gasteiger charge is -2.19. The van der Waals surface area contributed by atoms with Crippen molar-refractivity contribution < 1.29 is 38.3 Å². The molecular formula is C15H22N2O8. The number of rotatable bonds is 6. The molecular weight excluding hydrogens is 336 g/mol. The molecule has 1 aliphatic heterocycles. The SMILES string of the molecule is C[C@H](OC(=O)CCNC(=O)OC(C)(C)C)C(=O)ON1C(=O)CCC1=O. The van der Waals surface area contributed by atoms with E-state index in [9.17, 15) is 24.0 Å². The van der Waals surface area contributed by atoms with Crippen molar-refractivity contribution in [2.45, 2.75) is 58.7 Å². The standard InChI is InChI=1S/C15H22N2O8/c1-9(13(21)25-17-10(18)5-6-11(17)19)23-12(20)7-8-16-14(22)24-15(2,3)4/h9H,5-8H2,1-4H3,(H,16,22)/t9-/m0/s1. The highest BCUT2D eigenvalue weighted by molar-refractivity contribution is 6.01. The average molecular weight is 358 g/mol. The van der Waals surface area contributed by atoms with Crippen LogP contribution in [0.1, 0.15) is 47.0 Å². The van der Waals surface area contributed by atoms with Gasteiger partial charge < -0.3 is 19.6 Å². The first-order chi connectivity index (χ1) is 11.5. The minimum absolute atomic E-state index is 0.0311. The van der Waals surface area contributed by atoms with E-state index in [1.807, 2.05) is 0 Å². The molecule has 0 spiro atoms. The predicted molar refractivity (Wildman–Crippen MR) is 81.6 cm³/mol. The normalized spacial score (nSPS) is 15.6. The van der Waals surface area contributed by atoms with Gasteiger partial charge in [-0.3, -0.25) is 14.4 Å². The lowest BCUT2D eigenvalue weighted by Crippen LogP contribution is -2.37. The number of carbonyl (C=O) groups excluding carboxylic acids is 5. The Hall–Kier alpha value is -2.65. The van der Waals surface area contributed by atoms with Gasteiger partial charge in [-0.05, 0) is 27.7 Å². The van der Waals surface area contributed by atoms with Crippen LogP contribution in [0.25, 0.3) is 0 Å². The third-order valence-electron chi connectivity index (χ3n) is 2.82. The molecule has 0 aromatic carbocycles. The molecule has 0 aliphatic carbocycles. The van der Waals surface area contributed by atoms with Crippen LogP contribution < -0.4 is 5.32 Å². The number of hydroxylamine groups is 2. The molecule has 10 heteroatoms. The van der Waals surface area contributed by atoms with Crippen molar-refractivity contribution in [3.63, 3.8) is 0 Å². The van der Waals surface area contributed by atoms with Gasteiger partial charge in [-0.25, -0.2) is 9.59 Å². The quantitative estimate of drug-likeness (QED) is 0.535. The third-order valence-corrected chi connectivity index (χ3v) is 2.82. The first-order valence-corrected chi connectivity index (χ1v) is 7.73. The Morgan fingerprint density at radius 3 is 2.24 bits per heavy atom. The molecule has 10 nitrogen and oxygen atoms in total. The molecule has 1 heterocycles. The number of carbonyl (C=O) groups is 5. The van der Waals surface area contributed by atoms with Gasteiger partial charge in [-0.1, -0.05) is 0 Å². The number of ether oxygens (including phenoxy) is 2. The minimum atomic E-state index is -1.31. The van der Waals surface area contributed by atoms with Crippen LogP contribution in [0.15, 0.2) is 0 Å². The van der Waals surface area contributed by atoms with E-state index in [2.05, 4.69) is 10.2 Å². The maximum Gasteiger partial charge on any atom is 0.407 e. The summed E-state index contributed by atoms with van der Waals surface area (Å²) >= 11 is 0. The van der Waals surface area contributed by atoms with E-state index in [1.165, 1.54) is 6.92 Å². The van der Waals surface area contributed by atoms with E-state index >= 15 is 0 Å². The zero-order valence-electron chi connectivity index (χ0n) is 14.6. The Kier molecular flexibility index (Phi) is 6.89. The number of imide groups is 1. The summed E-state index contributed by atoms with van der Waals surface area (Å²) in [6, 6.07) is 0. The van der Waals surface area contributed by atoms with Gasteiger partial charge >= 0.3 is 18.0 Å². The Balaban J connectivity index is 2.31. The molecule has 0 bridgehead atoms. The molecule has 1 atom stereocenters. The third kappa shape index (κ3) is 7.19. The fourth-order valence-electron chi connectivity index (χ4n) is 1.71. The molecule has 1 rings (SSSR count). The molecule has 140 valence electrons. The fraction of sp³-hybridized carbons (Fsp3) is 0.667. The molecule has 0 unspecified atom stereocenters. The molecule has 1 saturated heterocycles. The molecule has 3 amide bonds. The molecule has 25 heavy (non-hydrogen) atoms. The molecule has 1 aliphatic rings. The number of amides is 3. The Bertz CT molecular complexity index is 550. The largest absolute Gasteiger partial charge is 0.450 e. The summed E-state index contributed by atoms with van der Waals surface area (Å²) in [4.78, 5) is 62.0. The van der Waals surface area contributed by atoms with Crippen LogP contribution in [-0.2, 0) is 33.5 Å². The van der Waals surface area contributed by atoms with Gasteiger partial charge in [-0.2, -0.15) is 0 Å². The monoisotopic (exact) mass is 358 g/mol. The van der Waals surface area contributed by atoms with E-state index < -0.39 is 41.6 Å². The molecule has 1 N–H and O–H groups in total. The van der Waals surface area contributed by atoms with Crippen molar-refractivity contribution in [1.82, 2.24) is 10.4 Å². The van der Waals surface area contributed by atoms with Crippen LogP contribution in [-0.4, -0.2) is 53.2 Å². The minimum Gasteiger partial charge on any atom is -0.450 e. The van der Waals surface area contributed by atoms with E-state index in [4.69, 9.17) is 9.47 Å². The van der Waals surface area contributed by atoms with Gasteiger partial charge in [0, 0.05) is 19.4 Å². The van der Waals surface area contributed by atoms with Crippen molar-refractivity contribution in [2.24, 2.45) is 0 Å². The van der Waals surface area contributed by atoms with Crippen molar-refractivity contribution in [2.75, 3.05) is 6.54 Å². The zero-order chi connectivity index (χ0) is 19.2. The summed E-state index contributed by atoms with van der Waals surface area (Å²) in [6.45, 7) is 6.29. The predicted octanol–water partition coefficient (Wildman–Crippen LogP) is 0.440. The van der Waals surface area contributed by atoms with E-state index in [0.717, 1.165) is 0 Å². The van der Waals surface area contributed by atoms with Crippen LogP contribution in [0.2, 0.25) is 0 Å². The highest BCUT2D eigenvalue weighted by Gasteiger charge is 2.34. The summed E-state index contributed by atoms with van der Waals surface area (Å²) in [5, 5.41) is 2.74. The molecule has 0 saturated carbocycles. The van der Waals surface area contributed by atoms with Gasteiger partial charge in [0.2, 0.25) is 0 Å². The highest BCUT2D eigenvalue weighted by Crippen LogP contribution is 2.13. The van der Waals surface area contributed by atoms with Crippen molar-refractivity contribution >= 4 is 29.8 Å². The summed E-state index contributed by atoms with van der Waals surface area (Å²) in [5.74, 6) is -3.06. The van der Waals surface area contributed by atoms with Crippen molar-refractivity contribution in [3.8, 4) is 0 Å². The highest BCUT2D eigenvalue weighted by atomic mass is 16.7. The first-order valence-electron chi connectivity index (χ1n) is 7.73. The van der Waals surface area contributed by atoms with Crippen molar-refractivity contribution in [3.05, 3.63) is 0 Å². The number of nitrogens with one attached hydrogen (secondary N) is 1. The second-order valence-electron chi connectivity index (χ2n) is 6.30. The zero-order valence-corrected chi connectivity index (χ0v) is 14.6. The smallest absolute Gasteiger partial charge is 0.407 e. The maximum atomic E-state index is 11.7. The fourth-order valence-corrected chi connectivity index (χ4v) is 1.71. The average Bonchev–Trinajstić information content (AvgIpc) is 2.77. The number of esters is 1. The molecule has 0 radical (unpaired) electrons. The van der Waals surface area contributed by atoms with E-state index in [0.29, 0.717) is 5.06 Å². The van der Waals surface area contributed by atoms with Crippen LogP contribution in [0, 0.1) is 0 Å². The van der Waals surface area contributed by atoms with Crippen LogP contribution >= 0.6 is 0 Å². The number of alkyl carbamates (subject to hydrolysis) is 1. The number of hydrogen-bond donors (Lipinski definition) is 1. The number of hydrogen-bond acceptors (Lipinski definition) is 8. The van der Waals surface area contributed by atoms with Gasteiger partial charge in [0.25, 0.3) is 11.8 Å². The van der Waals surface area contributed by atoms with Gasteiger partial charge in [0.05, 0.1) is 6.42 Å². The van der Waals surface area contributed by atoms with Gasteiger partial charge in [0.1, 0.15) is 5.60 Å². The summed E-state index contributed by atoms with van der Waals surface area (Å²) in [7, 11) is 0. The lowest BCUT2D eigenvalue weighted by molar-refractivity contribution is -0.205. The summed E-state index contributed by atoms with van der Waals surface area (Å²) < 4.78 is 9.81. The second-order valence-corrected chi connectivity index (χ2v) is 6.30. The van der Waals surface area contributed by atoms with E-state index in [-0.39, 0.29) is 25.8 Å². The second kappa shape index (κ2) is 8.45.